The van der Waals surface area contributed by atoms with Gasteiger partial charge in [-0.25, -0.2) is 0 Å². The van der Waals surface area contributed by atoms with E-state index in [2.05, 4.69) is 5.32 Å². The highest BCUT2D eigenvalue weighted by molar-refractivity contribution is 8.00. The number of Topliss-reactive ketones (excluding diaryl/α,β-unsaturated/α-hetero) is 1. The number of para-hydroxylation sites is 1. The summed E-state index contributed by atoms with van der Waals surface area (Å²) in [7, 11) is 0. The molecule has 2 aromatic carbocycles. The molecule has 0 saturated carbocycles. The van der Waals surface area contributed by atoms with Crippen LogP contribution in [0.5, 0.6) is 0 Å². The van der Waals surface area contributed by atoms with Crippen molar-refractivity contribution < 1.29 is 19.1 Å². The largest absolute Gasteiger partial charge is 0.452 e. The predicted molar refractivity (Wildman–Crippen MR) is 102 cm³/mol. The average Bonchev–Trinajstić information content (AvgIpc) is 2.62. The van der Waals surface area contributed by atoms with E-state index < -0.39 is 23.2 Å². The summed E-state index contributed by atoms with van der Waals surface area (Å²) in [5.41, 5.74) is 0.812. The molecule has 5 nitrogen and oxygen atoms in total. The van der Waals surface area contributed by atoms with Gasteiger partial charge in [0.05, 0.1) is 5.69 Å². The van der Waals surface area contributed by atoms with Crippen LogP contribution in [0.1, 0.15) is 31.1 Å². The molecule has 0 bridgehead atoms. The number of hydrogen-bond donors (Lipinski definition) is 1. The number of ketones is 1. The maximum atomic E-state index is 12.3. The first kappa shape index (κ1) is 19.7. The monoisotopic (exact) mass is 371 g/mol. The zero-order valence-electron chi connectivity index (χ0n) is 14.9. The number of ether oxygens (including phenoxy) is 1. The molecule has 2 atom stereocenters. The van der Waals surface area contributed by atoms with Crippen LogP contribution in [-0.2, 0) is 14.3 Å². The Balaban J connectivity index is 1.94. The number of carbonyl (C=O) groups excluding carboxylic acids is 3. The van der Waals surface area contributed by atoms with Crippen molar-refractivity contribution in [1.29, 1.82) is 0 Å². The van der Waals surface area contributed by atoms with E-state index in [9.17, 15) is 14.4 Å². The SMILES string of the molecule is CC(=O)c1ccccc1NC(=O)[C@@H](C)OC(=O)[C@H](C)Sc1ccccc1. The summed E-state index contributed by atoms with van der Waals surface area (Å²) in [5.74, 6) is -1.11. The van der Waals surface area contributed by atoms with E-state index in [0.717, 1.165) is 4.90 Å². The number of benzene rings is 2. The molecule has 0 aliphatic carbocycles. The normalized spacial score (nSPS) is 12.7. The second-order valence-corrected chi connectivity index (χ2v) is 7.16. The Kier molecular flexibility index (Phi) is 6.97. The van der Waals surface area contributed by atoms with Crippen molar-refractivity contribution in [2.45, 2.75) is 37.0 Å². The first-order chi connectivity index (χ1) is 12.4. The van der Waals surface area contributed by atoms with Gasteiger partial charge in [0.2, 0.25) is 0 Å². The minimum Gasteiger partial charge on any atom is -0.452 e. The number of hydrogen-bond acceptors (Lipinski definition) is 5. The van der Waals surface area contributed by atoms with Crippen LogP contribution in [0.25, 0.3) is 0 Å². The summed E-state index contributed by atoms with van der Waals surface area (Å²) in [6.07, 6.45) is -0.971. The Morgan fingerprint density at radius 2 is 1.58 bits per heavy atom. The average molecular weight is 371 g/mol. The summed E-state index contributed by atoms with van der Waals surface area (Å²) in [5, 5.41) is 2.19. The van der Waals surface area contributed by atoms with Crippen LogP contribution < -0.4 is 5.32 Å². The van der Waals surface area contributed by atoms with Crippen LogP contribution in [0.3, 0.4) is 0 Å². The van der Waals surface area contributed by atoms with E-state index in [1.165, 1.54) is 25.6 Å². The number of amides is 1. The molecule has 0 aromatic heterocycles. The Hall–Kier alpha value is -2.60. The third kappa shape index (κ3) is 5.46. The molecule has 0 heterocycles. The Morgan fingerprint density at radius 3 is 2.23 bits per heavy atom. The summed E-state index contributed by atoms with van der Waals surface area (Å²) in [6, 6.07) is 16.2. The van der Waals surface area contributed by atoms with Gasteiger partial charge in [0.15, 0.2) is 11.9 Å². The summed E-state index contributed by atoms with van der Waals surface area (Å²) in [4.78, 5) is 37.1. The van der Waals surface area contributed by atoms with Gasteiger partial charge in [-0.3, -0.25) is 14.4 Å². The number of anilines is 1. The Bertz CT molecular complexity index is 791. The molecular weight excluding hydrogens is 350 g/mol. The highest BCUT2D eigenvalue weighted by Gasteiger charge is 2.23. The highest BCUT2D eigenvalue weighted by Crippen LogP contribution is 2.24. The van der Waals surface area contributed by atoms with Crippen molar-refractivity contribution in [3.05, 3.63) is 60.2 Å². The molecule has 1 amide bonds. The van der Waals surface area contributed by atoms with E-state index in [1.54, 1.807) is 31.2 Å². The van der Waals surface area contributed by atoms with Gasteiger partial charge in [0, 0.05) is 10.5 Å². The molecule has 0 saturated heterocycles. The van der Waals surface area contributed by atoms with Crippen molar-refractivity contribution in [1.82, 2.24) is 0 Å². The first-order valence-electron chi connectivity index (χ1n) is 8.21. The van der Waals surface area contributed by atoms with Crippen molar-refractivity contribution in [3.63, 3.8) is 0 Å². The molecule has 0 unspecified atom stereocenters. The van der Waals surface area contributed by atoms with E-state index in [-0.39, 0.29) is 5.78 Å². The number of thioether (sulfide) groups is 1. The fourth-order valence-electron chi connectivity index (χ4n) is 2.21. The minimum atomic E-state index is -0.971. The van der Waals surface area contributed by atoms with Crippen molar-refractivity contribution in [2.75, 3.05) is 5.32 Å². The van der Waals surface area contributed by atoms with Crippen LogP contribution in [0.15, 0.2) is 59.5 Å². The highest BCUT2D eigenvalue weighted by atomic mass is 32.2. The number of carbonyl (C=O) groups is 3. The summed E-state index contributed by atoms with van der Waals surface area (Å²) < 4.78 is 5.26. The van der Waals surface area contributed by atoms with Crippen molar-refractivity contribution >= 4 is 35.1 Å². The molecule has 0 radical (unpaired) electrons. The van der Waals surface area contributed by atoms with E-state index in [4.69, 9.17) is 4.74 Å². The van der Waals surface area contributed by atoms with Gasteiger partial charge in [0.1, 0.15) is 5.25 Å². The lowest BCUT2D eigenvalue weighted by molar-refractivity contribution is -0.152. The summed E-state index contributed by atoms with van der Waals surface area (Å²) >= 11 is 1.36. The maximum Gasteiger partial charge on any atom is 0.319 e. The molecule has 0 aliphatic rings. The van der Waals surface area contributed by atoms with Gasteiger partial charge < -0.3 is 10.1 Å². The number of esters is 1. The molecule has 0 aliphatic heterocycles. The zero-order valence-corrected chi connectivity index (χ0v) is 15.7. The third-order valence-corrected chi connectivity index (χ3v) is 4.70. The quantitative estimate of drug-likeness (QED) is 0.453. The maximum absolute atomic E-state index is 12.3. The van der Waals surface area contributed by atoms with Gasteiger partial charge in [-0.1, -0.05) is 30.3 Å². The van der Waals surface area contributed by atoms with Gasteiger partial charge in [-0.15, -0.1) is 11.8 Å². The Labute approximate surface area is 157 Å². The predicted octanol–water partition coefficient (Wildman–Crippen LogP) is 3.94. The third-order valence-electron chi connectivity index (χ3n) is 3.61. The molecule has 26 heavy (non-hydrogen) atoms. The van der Waals surface area contributed by atoms with Crippen LogP contribution in [0, 0.1) is 0 Å². The van der Waals surface area contributed by atoms with Crippen LogP contribution in [-0.4, -0.2) is 29.0 Å². The van der Waals surface area contributed by atoms with Gasteiger partial charge >= 0.3 is 5.97 Å². The second-order valence-electron chi connectivity index (χ2n) is 5.74. The molecule has 0 spiro atoms. The van der Waals surface area contributed by atoms with Crippen molar-refractivity contribution in [3.8, 4) is 0 Å². The molecule has 2 aromatic rings. The van der Waals surface area contributed by atoms with Gasteiger partial charge in [-0.05, 0) is 45.0 Å². The standard InChI is InChI=1S/C20H21NO4S/c1-13(22)17-11-7-8-12-18(17)21-19(23)14(2)25-20(24)15(3)26-16-9-5-4-6-10-16/h4-12,14-15H,1-3H3,(H,21,23)/t14-,15+/m1/s1. The Morgan fingerprint density at radius 1 is 0.962 bits per heavy atom. The fraction of sp³-hybridized carbons (Fsp3) is 0.250. The second kappa shape index (κ2) is 9.20. The van der Waals surface area contributed by atoms with Crippen LogP contribution in [0.2, 0.25) is 0 Å². The number of nitrogens with one attached hydrogen (secondary N) is 1. The zero-order chi connectivity index (χ0) is 19.1. The summed E-state index contributed by atoms with van der Waals surface area (Å²) in [6.45, 7) is 4.66. The van der Waals surface area contributed by atoms with E-state index in [0.29, 0.717) is 11.3 Å². The first-order valence-corrected chi connectivity index (χ1v) is 9.09. The molecular formula is C20H21NO4S. The van der Waals surface area contributed by atoms with Gasteiger partial charge in [-0.2, -0.15) is 0 Å². The van der Waals surface area contributed by atoms with Crippen LogP contribution in [0.4, 0.5) is 5.69 Å². The minimum absolute atomic E-state index is 0.154. The van der Waals surface area contributed by atoms with E-state index in [1.807, 2.05) is 30.3 Å². The smallest absolute Gasteiger partial charge is 0.319 e. The molecule has 2 rings (SSSR count). The molecule has 0 fully saturated rings. The molecule has 136 valence electrons. The lowest BCUT2D eigenvalue weighted by Gasteiger charge is -2.17. The van der Waals surface area contributed by atoms with E-state index >= 15 is 0 Å². The van der Waals surface area contributed by atoms with Crippen molar-refractivity contribution in [2.24, 2.45) is 0 Å². The fourth-order valence-corrected chi connectivity index (χ4v) is 3.08. The lowest BCUT2D eigenvalue weighted by Crippen LogP contribution is -2.32. The number of rotatable bonds is 7. The molecule has 1 N–H and O–H groups in total. The van der Waals surface area contributed by atoms with Gasteiger partial charge in [0.25, 0.3) is 5.91 Å². The lowest BCUT2D eigenvalue weighted by atomic mass is 10.1. The van der Waals surface area contributed by atoms with Crippen LogP contribution >= 0.6 is 11.8 Å². The topological polar surface area (TPSA) is 72.5 Å². The molecule has 6 heteroatoms.